The summed E-state index contributed by atoms with van der Waals surface area (Å²) >= 11 is 0. The lowest BCUT2D eigenvalue weighted by atomic mass is 9.92. The summed E-state index contributed by atoms with van der Waals surface area (Å²) < 4.78 is 0. The average molecular weight is 257 g/mol. The van der Waals surface area contributed by atoms with Crippen molar-refractivity contribution in [2.75, 3.05) is 13.1 Å². The number of carbonyl (C=O) groups is 1. The van der Waals surface area contributed by atoms with Gasteiger partial charge in [0.05, 0.1) is 6.10 Å². The molecular formula is C16H19NO2. The van der Waals surface area contributed by atoms with Crippen molar-refractivity contribution in [1.82, 2.24) is 4.90 Å². The van der Waals surface area contributed by atoms with Crippen LogP contribution in [0.15, 0.2) is 30.3 Å². The number of hydrogen-bond donors (Lipinski definition) is 1. The van der Waals surface area contributed by atoms with Crippen LogP contribution in [0.4, 0.5) is 0 Å². The van der Waals surface area contributed by atoms with E-state index in [0.717, 1.165) is 18.4 Å². The van der Waals surface area contributed by atoms with Crippen molar-refractivity contribution in [3.05, 3.63) is 35.9 Å². The molecule has 1 aromatic rings. The molecule has 1 unspecified atom stereocenters. The number of rotatable bonds is 1. The number of benzene rings is 1. The Balaban J connectivity index is 1.90. The first-order valence-corrected chi connectivity index (χ1v) is 6.71. The molecule has 1 aliphatic rings. The summed E-state index contributed by atoms with van der Waals surface area (Å²) in [5.74, 6) is 5.77. The highest BCUT2D eigenvalue weighted by Gasteiger charge is 2.24. The van der Waals surface area contributed by atoms with Crippen molar-refractivity contribution in [2.24, 2.45) is 5.92 Å². The highest BCUT2D eigenvalue weighted by atomic mass is 16.3. The molecule has 0 saturated carbocycles. The highest BCUT2D eigenvalue weighted by molar-refractivity contribution is 5.94. The fraction of sp³-hybridized carbons (Fsp3) is 0.438. The molecule has 0 bridgehead atoms. The Labute approximate surface area is 114 Å². The Morgan fingerprint density at radius 1 is 1.32 bits per heavy atom. The Morgan fingerprint density at radius 3 is 2.53 bits per heavy atom. The molecule has 2 rings (SSSR count). The fourth-order valence-corrected chi connectivity index (χ4v) is 2.31. The second kappa shape index (κ2) is 6.40. The molecule has 0 spiro atoms. The zero-order valence-electron chi connectivity index (χ0n) is 11.2. The minimum absolute atomic E-state index is 0.118. The molecule has 1 fully saturated rings. The van der Waals surface area contributed by atoms with Gasteiger partial charge in [-0.15, -0.1) is 0 Å². The van der Waals surface area contributed by atoms with Gasteiger partial charge in [0.15, 0.2) is 0 Å². The van der Waals surface area contributed by atoms with E-state index in [1.54, 1.807) is 4.90 Å². The molecule has 0 aliphatic carbocycles. The van der Waals surface area contributed by atoms with E-state index in [1.807, 2.05) is 37.3 Å². The Hall–Kier alpha value is -1.79. The Bertz CT molecular complexity index is 476. The second-order valence-electron chi connectivity index (χ2n) is 4.99. The summed E-state index contributed by atoms with van der Waals surface area (Å²) in [6.07, 6.45) is 1.43. The van der Waals surface area contributed by atoms with Crippen LogP contribution in [0.3, 0.4) is 0 Å². The van der Waals surface area contributed by atoms with Gasteiger partial charge in [0, 0.05) is 24.6 Å². The minimum atomic E-state index is -0.285. The molecule has 3 heteroatoms. The lowest BCUT2D eigenvalue weighted by Crippen LogP contribution is -2.40. The van der Waals surface area contributed by atoms with Crippen LogP contribution < -0.4 is 0 Å². The van der Waals surface area contributed by atoms with E-state index >= 15 is 0 Å². The van der Waals surface area contributed by atoms with Crippen LogP contribution in [0.25, 0.3) is 0 Å². The van der Waals surface area contributed by atoms with Gasteiger partial charge in [-0.3, -0.25) is 4.79 Å². The number of likely N-dealkylation sites (tertiary alicyclic amines) is 1. The molecule has 1 saturated heterocycles. The van der Waals surface area contributed by atoms with E-state index in [4.69, 9.17) is 0 Å². The minimum Gasteiger partial charge on any atom is -0.393 e. The third-order valence-electron chi connectivity index (χ3n) is 3.60. The summed E-state index contributed by atoms with van der Waals surface area (Å²) in [7, 11) is 0. The second-order valence-corrected chi connectivity index (χ2v) is 4.99. The number of hydrogen-bond acceptors (Lipinski definition) is 2. The zero-order valence-corrected chi connectivity index (χ0v) is 11.2. The zero-order chi connectivity index (χ0) is 13.7. The van der Waals surface area contributed by atoms with Gasteiger partial charge in [0.1, 0.15) is 0 Å². The molecular weight excluding hydrogens is 238 g/mol. The largest absolute Gasteiger partial charge is 0.393 e. The van der Waals surface area contributed by atoms with E-state index < -0.39 is 0 Å². The van der Waals surface area contributed by atoms with Crippen molar-refractivity contribution < 1.29 is 9.90 Å². The van der Waals surface area contributed by atoms with Crippen molar-refractivity contribution in [1.29, 1.82) is 0 Å². The third-order valence-corrected chi connectivity index (χ3v) is 3.60. The monoisotopic (exact) mass is 257 g/mol. The van der Waals surface area contributed by atoms with Gasteiger partial charge >= 0.3 is 0 Å². The molecule has 1 atom stereocenters. The van der Waals surface area contributed by atoms with Crippen LogP contribution in [0.1, 0.15) is 25.3 Å². The van der Waals surface area contributed by atoms with Crippen molar-refractivity contribution in [3.63, 3.8) is 0 Å². The van der Waals surface area contributed by atoms with Gasteiger partial charge in [-0.05, 0) is 37.8 Å². The van der Waals surface area contributed by atoms with E-state index in [0.29, 0.717) is 19.0 Å². The standard InChI is InChI=1S/C16H19NO2/c1-13(18)15-9-11-17(12-10-15)16(19)8-7-14-5-3-2-4-6-14/h2-6,13,15,18H,9-12H2,1H3. The summed E-state index contributed by atoms with van der Waals surface area (Å²) in [5, 5.41) is 9.52. The molecule has 1 N–H and O–H groups in total. The number of carbonyl (C=O) groups excluding carboxylic acids is 1. The number of aliphatic hydroxyl groups excluding tert-OH is 1. The highest BCUT2D eigenvalue weighted by Crippen LogP contribution is 2.20. The first-order chi connectivity index (χ1) is 9.16. The van der Waals surface area contributed by atoms with Gasteiger partial charge in [-0.1, -0.05) is 24.1 Å². The average Bonchev–Trinajstić information content (AvgIpc) is 2.46. The van der Waals surface area contributed by atoms with E-state index in [-0.39, 0.29) is 12.0 Å². The number of aliphatic hydroxyl groups is 1. The summed E-state index contributed by atoms with van der Waals surface area (Å²) in [4.78, 5) is 13.7. The molecule has 1 aromatic carbocycles. The molecule has 1 amide bonds. The SMILES string of the molecule is CC(O)C1CCN(C(=O)C#Cc2ccccc2)CC1. The van der Waals surface area contributed by atoms with E-state index in [2.05, 4.69) is 11.8 Å². The van der Waals surface area contributed by atoms with Crippen molar-refractivity contribution >= 4 is 5.91 Å². The number of amides is 1. The molecule has 3 nitrogen and oxygen atoms in total. The van der Waals surface area contributed by atoms with Crippen molar-refractivity contribution in [2.45, 2.75) is 25.9 Å². The fourth-order valence-electron chi connectivity index (χ4n) is 2.31. The van der Waals surface area contributed by atoms with Crippen LogP contribution in [0.2, 0.25) is 0 Å². The smallest absolute Gasteiger partial charge is 0.298 e. The van der Waals surface area contributed by atoms with Gasteiger partial charge in [-0.2, -0.15) is 0 Å². The van der Waals surface area contributed by atoms with Gasteiger partial charge in [0.2, 0.25) is 0 Å². The van der Waals surface area contributed by atoms with Crippen LogP contribution in [-0.2, 0) is 4.79 Å². The van der Waals surface area contributed by atoms with Crippen molar-refractivity contribution in [3.8, 4) is 11.8 Å². The molecule has 1 aliphatic heterocycles. The first kappa shape index (κ1) is 13.6. The van der Waals surface area contributed by atoms with Gasteiger partial charge in [0.25, 0.3) is 5.91 Å². The molecule has 1 heterocycles. The topological polar surface area (TPSA) is 40.5 Å². The lowest BCUT2D eigenvalue weighted by Gasteiger charge is -2.32. The van der Waals surface area contributed by atoms with E-state index in [1.165, 1.54) is 0 Å². The van der Waals surface area contributed by atoms with Crippen LogP contribution in [0.5, 0.6) is 0 Å². The van der Waals surface area contributed by atoms with Crippen LogP contribution in [-0.4, -0.2) is 35.1 Å². The van der Waals surface area contributed by atoms with Gasteiger partial charge in [-0.25, -0.2) is 0 Å². The maximum atomic E-state index is 11.9. The summed E-state index contributed by atoms with van der Waals surface area (Å²) in [6.45, 7) is 3.20. The maximum Gasteiger partial charge on any atom is 0.298 e. The third kappa shape index (κ3) is 3.84. The Morgan fingerprint density at radius 2 is 1.95 bits per heavy atom. The summed E-state index contributed by atoms with van der Waals surface area (Å²) in [5.41, 5.74) is 0.856. The van der Waals surface area contributed by atoms with Crippen LogP contribution >= 0.6 is 0 Å². The molecule has 0 radical (unpaired) electrons. The Kier molecular flexibility index (Phi) is 4.59. The lowest BCUT2D eigenvalue weighted by molar-refractivity contribution is -0.126. The maximum absolute atomic E-state index is 11.9. The normalized spacial score (nSPS) is 17.5. The van der Waals surface area contributed by atoms with Crippen LogP contribution in [0, 0.1) is 17.8 Å². The summed E-state index contributed by atoms with van der Waals surface area (Å²) in [6, 6.07) is 9.51. The number of piperidine rings is 1. The predicted octanol–water partition coefficient (Wildman–Crippen LogP) is 1.66. The first-order valence-electron chi connectivity index (χ1n) is 6.71. The molecule has 0 aromatic heterocycles. The van der Waals surface area contributed by atoms with Gasteiger partial charge < -0.3 is 10.0 Å². The molecule has 19 heavy (non-hydrogen) atoms. The number of nitrogens with zero attached hydrogens (tertiary/aromatic N) is 1. The quantitative estimate of drug-likeness (QED) is 0.777. The van der Waals surface area contributed by atoms with E-state index in [9.17, 15) is 9.90 Å². The predicted molar refractivity (Wildman–Crippen MR) is 74.3 cm³/mol. The molecule has 100 valence electrons.